The molecule has 2 N–H and O–H groups in total. The Morgan fingerprint density at radius 1 is 1.24 bits per heavy atom. The van der Waals surface area contributed by atoms with Gasteiger partial charge in [0, 0.05) is 37.1 Å². The monoisotopic (exact) mass is 278 g/mol. The van der Waals surface area contributed by atoms with Crippen molar-refractivity contribution in [2.24, 2.45) is 11.7 Å². The maximum absolute atomic E-state index is 12.1. The van der Waals surface area contributed by atoms with Crippen molar-refractivity contribution in [1.82, 2.24) is 4.90 Å². The number of nitrogens with two attached hydrogens (primary N) is 1. The SMILES string of the molecule is Cl.NC1CCCCC1CC(=O)N1CCSCC1. The fourth-order valence-electron chi connectivity index (χ4n) is 2.66. The summed E-state index contributed by atoms with van der Waals surface area (Å²) in [6, 6.07) is 0.261. The molecule has 1 saturated carbocycles. The molecule has 3 nitrogen and oxygen atoms in total. The topological polar surface area (TPSA) is 46.3 Å². The smallest absolute Gasteiger partial charge is 0.222 e. The highest BCUT2D eigenvalue weighted by Crippen LogP contribution is 2.26. The Bertz CT molecular complexity index is 247. The summed E-state index contributed by atoms with van der Waals surface area (Å²) in [4.78, 5) is 14.1. The van der Waals surface area contributed by atoms with Gasteiger partial charge in [-0.05, 0) is 18.8 Å². The van der Waals surface area contributed by atoms with Crippen LogP contribution < -0.4 is 5.73 Å². The van der Waals surface area contributed by atoms with E-state index in [1.165, 1.54) is 12.8 Å². The molecule has 1 aliphatic carbocycles. The Hall–Kier alpha value is 0.0700. The molecule has 2 rings (SSSR count). The standard InChI is InChI=1S/C12H22N2OS.ClH/c13-11-4-2-1-3-10(11)9-12(15)14-5-7-16-8-6-14;/h10-11H,1-9,13H2;1H. The minimum Gasteiger partial charge on any atom is -0.341 e. The third-order valence-electron chi connectivity index (χ3n) is 3.77. The number of thioether (sulfide) groups is 1. The summed E-state index contributed by atoms with van der Waals surface area (Å²) in [6.07, 6.45) is 5.43. The van der Waals surface area contributed by atoms with Crippen molar-refractivity contribution in [2.75, 3.05) is 24.6 Å². The van der Waals surface area contributed by atoms with Gasteiger partial charge >= 0.3 is 0 Å². The van der Waals surface area contributed by atoms with E-state index < -0.39 is 0 Å². The maximum Gasteiger partial charge on any atom is 0.222 e. The molecule has 2 atom stereocenters. The Morgan fingerprint density at radius 2 is 1.88 bits per heavy atom. The maximum atomic E-state index is 12.1. The molecule has 2 fully saturated rings. The minimum atomic E-state index is 0. The number of carbonyl (C=O) groups excluding carboxylic acids is 1. The first-order valence-electron chi connectivity index (χ1n) is 6.38. The van der Waals surface area contributed by atoms with Gasteiger partial charge in [0.15, 0.2) is 0 Å². The van der Waals surface area contributed by atoms with Crippen molar-refractivity contribution in [3.63, 3.8) is 0 Å². The van der Waals surface area contributed by atoms with Crippen LogP contribution in [-0.2, 0) is 4.79 Å². The van der Waals surface area contributed by atoms with E-state index in [0.717, 1.165) is 37.4 Å². The van der Waals surface area contributed by atoms with Crippen LogP contribution in [0.4, 0.5) is 0 Å². The van der Waals surface area contributed by atoms with Crippen LogP contribution in [0.5, 0.6) is 0 Å². The third kappa shape index (κ3) is 4.34. The quantitative estimate of drug-likeness (QED) is 0.839. The van der Waals surface area contributed by atoms with Crippen LogP contribution in [0.1, 0.15) is 32.1 Å². The van der Waals surface area contributed by atoms with Crippen LogP contribution in [0.25, 0.3) is 0 Å². The van der Waals surface area contributed by atoms with Crippen molar-refractivity contribution >= 4 is 30.1 Å². The van der Waals surface area contributed by atoms with E-state index in [1.54, 1.807) is 0 Å². The lowest BCUT2D eigenvalue weighted by Gasteiger charge is -2.32. The average Bonchev–Trinajstić information content (AvgIpc) is 2.33. The van der Waals surface area contributed by atoms with E-state index >= 15 is 0 Å². The summed E-state index contributed by atoms with van der Waals surface area (Å²) in [5.74, 6) is 2.98. The van der Waals surface area contributed by atoms with Gasteiger partial charge in [0.05, 0.1) is 0 Å². The van der Waals surface area contributed by atoms with E-state index in [0.29, 0.717) is 18.2 Å². The second-order valence-corrected chi connectivity index (χ2v) is 6.13. The van der Waals surface area contributed by atoms with Crippen LogP contribution in [0, 0.1) is 5.92 Å². The fourth-order valence-corrected chi connectivity index (χ4v) is 3.56. The van der Waals surface area contributed by atoms with Crippen LogP contribution in [-0.4, -0.2) is 41.4 Å². The van der Waals surface area contributed by atoms with E-state index in [2.05, 4.69) is 0 Å². The Balaban J connectivity index is 0.00000144. The summed E-state index contributed by atoms with van der Waals surface area (Å²) < 4.78 is 0. The summed E-state index contributed by atoms with van der Waals surface area (Å²) in [5.41, 5.74) is 6.08. The van der Waals surface area contributed by atoms with E-state index in [1.807, 2.05) is 16.7 Å². The Labute approximate surface area is 114 Å². The predicted octanol–water partition coefficient (Wildman–Crippen LogP) is 1.89. The molecular weight excluding hydrogens is 256 g/mol. The second-order valence-electron chi connectivity index (χ2n) is 4.91. The number of hydrogen-bond acceptors (Lipinski definition) is 3. The normalized spacial score (nSPS) is 29.6. The minimum absolute atomic E-state index is 0. The van der Waals surface area contributed by atoms with Gasteiger partial charge in [-0.15, -0.1) is 12.4 Å². The van der Waals surface area contributed by atoms with Crippen molar-refractivity contribution < 1.29 is 4.79 Å². The molecule has 0 aromatic rings. The number of halogens is 1. The van der Waals surface area contributed by atoms with E-state index in [9.17, 15) is 4.79 Å². The van der Waals surface area contributed by atoms with Gasteiger partial charge in [0.25, 0.3) is 0 Å². The molecule has 0 spiro atoms. The van der Waals surface area contributed by atoms with Crippen LogP contribution in [0.2, 0.25) is 0 Å². The zero-order valence-corrected chi connectivity index (χ0v) is 11.9. The van der Waals surface area contributed by atoms with Gasteiger partial charge in [-0.2, -0.15) is 11.8 Å². The molecule has 0 aromatic heterocycles. The fraction of sp³-hybridized carbons (Fsp3) is 0.917. The van der Waals surface area contributed by atoms with Crippen LogP contribution in [0.3, 0.4) is 0 Å². The highest BCUT2D eigenvalue weighted by molar-refractivity contribution is 7.99. The van der Waals surface area contributed by atoms with E-state index in [-0.39, 0.29) is 18.4 Å². The molecule has 100 valence electrons. The lowest BCUT2D eigenvalue weighted by molar-refractivity contribution is -0.132. The first-order chi connectivity index (χ1) is 7.77. The third-order valence-corrected chi connectivity index (χ3v) is 4.71. The Kier molecular flexibility index (Phi) is 6.67. The molecule has 0 aromatic carbocycles. The molecule has 2 unspecified atom stereocenters. The van der Waals surface area contributed by atoms with Crippen molar-refractivity contribution in [1.29, 1.82) is 0 Å². The zero-order chi connectivity index (χ0) is 11.4. The van der Waals surface area contributed by atoms with Crippen molar-refractivity contribution in [3.05, 3.63) is 0 Å². The summed E-state index contributed by atoms with van der Waals surface area (Å²) >= 11 is 1.94. The largest absolute Gasteiger partial charge is 0.341 e. The molecule has 2 aliphatic rings. The van der Waals surface area contributed by atoms with Gasteiger partial charge in [-0.25, -0.2) is 0 Å². The molecule has 17 heavy (non-hydrogen) atoms. The molecule has 1 heterocycles. The highest BCUT2D eigenvalue weighted by Gasteiger charge is 2.26. The number of hydrogen-bond donors (Lipinski definition) is 1. The molecular formula is C12H23ClN2OS. The molecule has 1 amide bonds. The summed E-state index contributed by atoms with van der Waals surface area (Å²) in [5, 5.41) is 0. The van der Waals surface area contributed by atoms with Gasteiger partial charge in [0.1, 0.15) is 0 Å². The predicted molar refractivity (Wildman–Crippen MR) is 75.7 cm³/mol. The number of carbonyl (C=O) groups is 1. The zero-order valence-electron chi connectivity index (χ0n) is 10.3. The molecule has 1 saturated heterocycles. The Morgan fingerprint density at radius 3 is 2.53 bits per heavy atom. The molecule has 0 bridgehead atoms. The molecule has 0 radical (unpaired) electrons. The van der Waals surface area contributed by atoms with Gasteiger partial charge in [-0.1, -0.05) is 12.8 Å². The second kappa shape index (κ2) is 7.49. The van der Waals surface area contributed by atoms with Gasteiger partial charge < -0.3 is 10.6 Å². The van der Waals surface area contributed by atoms with Crippen LogP contribution >= 0.6 is 24.2 Å². The van der Waals surface area contributed by atoms with Crippen molar-refractivity contribution in [3.8, 4) is 0 Å². The van der Waals surface area contributed by atoms with E-state index in [4.69, 9.17) is 5.73 Å². The average molecular weight is 279 g/mol. The first kappa shape index (κ1) is 15.1. The summed E-state index contributed by atoms with van der Waals surface area (Å²) in [7, 11) is 0. The first-order valence-corrected chi connectivity index (χ1v) is 7.54. The number of nitrogens with zero attached hydrogens (tertiary/aromatic N) is 1. The summed E-state index contributed by atoms with van der Waals surface area (Å²) in [6.45, 7) is 1.87. The van der Waals surface area contributed by atoms with Crippen molar-refractivity contribution in [2.45, 2.75) is 38.1 Å². The lowest BCUT2D eigenvalue weighted by Crippen LogP contribution is -2.42. The number of amides is 1. The highest BCUT2D eigenvalue weighted by atomic mass is 35.5. The lowest BCUT2D eigenvalue weighted by atomic mass is 9.83. The molecule has 1 aliphatic heterocycles. The van der Waals surface area contributed by atoms with Gasteiger partial charge in [0.2, 0.25) is 5.91 Å². The molecule has 5 heteroatoms. The van der Waals surface area contributed by atoms with Crippen LogP contribution in [0.15, 0.2) is 0 Å². The number of rotatable bonds is 2. The van der Waals surface area contributed by atoms with Gasteiger partial charge in [-0.3, -0.25) is 4.79 Å².